The Balaban J connectivity index is 1.72. The van der Waals surface area contributed by atoms with E-state index in [1.807, 2.05) is 12.1 Å². The van der Waals surface area contributed by atoms with E-state index in [9.17, 15) is 23.6 Å². The smallest absolute Gasteiger partial charge is 0.309 e. The normalized spacial score (nSPS) is 15.7. The SMILES string of the molecule is NC(=O)c1cc(CCc2ccc(NC(=O)C(C=NC(=O)C=O)=C(N)C3=CCC(F)C=C3)cc2)ccn1. The molecule has 1 heterocycles. The van der Waals surface area contributed by atoms with Crippen LogP contribution in [0.4, 0.5) is 10.1 Å². The van der Waals surface area contributed by atoms with E-state index in [4.69, 9.17) is 11.5 Å². The van der Waals surface area contributed by atoms with Gasteiger partial charge in [0.05, 0.1) is 11.3 Å². The van der Waals surface area contributed by atoms with Crippen molar-refractivity contribution in [1.29, 1.82) is 0 Å². The number of nitrogens with zero attached hydrogens (tertiary/aromatic N) is 2. The second kappa shape index (κ2) is 12.1. The minimum atomic E-state index is -1.15. The Labute approximate surface area is 206 Å². The van der Waals surface area contributed by atoms with Crippen LogP contribution in [0, 0.1) is 0 Å². The van der Waals surface area contributed by atoms with Crippen molar-refractivity contribution in [2.45, 2.75) is 25.4 Å². The quantitative estimate of drug-likeness (QED) is 0.212. The highest BCUT2D eigenvalue weighted by molar-refractivity contribution is 6.28. The number of nitrogens with two attached hydrogens (primary N) is 2. The van der Waals surface area contributed by atoms with Crippen molar-refractivity contribution < 1.29 is 23.6 Å². The lowest BCUT2D eigenvalue weighted by Crippen LogP contribution is -2.21. The summed E-state index contributed by atoms with van der Waals surface area (Å²) in [5.41, 5.74) is 14.2. The second-order valence-corrected chi connectivity index (χ2v) is 7.88. The van der Waals surface area contributed by atoms with Gasteiger partial charge in [0.15, 0.2) is 0 Å². The van der Waals surface area contributed by atoms with Gasteiger partial charge in [0.25, 0.3) is 11.8 Å². The third-order valence-corrected chi connectivity index (χ3v) is 5.31. The molecule has 1 aliphatic rings. The number of halogens is 1. The van der Waals surface area contributed by atoms with E-state index in [0.717, 1.165) is 17.3 Å². The summed E-state index contributed by atoms with van der Waals surface area (Å²) in [7, 11) is 0. The number of aldehydes is 1. The van der Waals surface area contributed by atoms with Crippen molar-refractivity contribution in [3.05, 3.63) is 94.5 Å². The molecule has 1 aromatic carbocycles. The molecule has 0 spiro atoms. The zero-order valence-electron chi connectivity index (χ0n) is 19.2. The molecule has 0 aliphatic heterocycles. The van der Waals surface area contributed by atoms with Gasteiger partial charge in [-0.3, -0.25) is 24.2 Å². The first-order valence-electron chi connectivity index (χ1n) is 11.0. The molecule has 2 aromatic rings. The fourth-order valence-corrected chi connectivity index (χ4v) is 3.36. The van der Waals surface area contributed by atoms with Crippen LogP contribution in [-0.4, -0.2) is 41.4 Å². The van der Waals surface area contributed by atoms with Crippen molar-refractivity contribution in [1.82, 2.24) is 4.98 Å². The number of nitrogens with one attached hydrogen (secondary N) is 1. The lowest BCUT2D eigenvalue weighted by molar-refractivity contribution is -0.128. The summed E-state index contributed by atoms with van der Waals surface area (Å²) in [5, 5.41) is 2.68. The van der Waals surface area contributed by atoms with Crippen molar-refractivity contribution in [3.8, 4) is 0 Å². The number of aliphatic imine (C=N–C) groups is 1. The van der Waals surface area contributed by atoms with Gasteiger partial charge in [0, 0.05) is 24.5 Å². The van der Waals surface area contributed by atoms with Crippen LogP contribution in [0.2, 0.25) is 0 Å². The summed E-state index contributed by atoms with van der Waals surface area (Å²) in [5.74, 6) is -2.32. The number of amides is 3. The zero-order chi connectivity index (χ0) is 26.1. The summed E-state index contributed by atoms with van der Waals surface area (Å²) in [6, 6.07) is 10.5. The maximum atomic E-state index is 13.4. The van der Waals surface area contributed by atoms with Gasteiger partial charge in [-0.15, -0.1) is 0 Å². The molecule has 5 N–H and O–H groups in total. The third-order valence-electron chi connectivity index (χ3n) is 5.31. The fraction of sp³-hybridized carbons (Fsp3) is 0.154. The van der Waals surface area contributed by atoms with Crippen LogP contribution in [-0.2, 0) is 27.2 Å². The van der Waals surface area contributed by atoms with Crippen molar-refractivity contribution in [2.24, 2.45) is 16.5 Å². The van der Waals surface area contributed by atoms with E-state index in [1.165, 1.54) is 24.4 Å². The predicted molar refractivity (Wildman–Crippen MR) is 133 cm³/mol. The van der Waals surface area contributed by atoms with Gasteiger partial charge in [-0.1, -0.05) is 24.3 Å². The number of benzene rings is 1. The van der Waals surface area contributed by atoms with Crippen molar-refractivity contribution in [3.63, 3.8) is 0 Å². The molecule has 36 heavy (non-hydrogen) atoms. The minimum Gasteiger partial charge on any atom is -0.398 e. The molecule has 0 saturated carbocycles. The van der Waals surface area contributed by atoms with Gasteiger partial charge in [-0.05, 0) is 59.9 Å². The van der Waals surface area contributed by atoms with Crippen LogP contribution in [0.15, 0.2) is 82.7 Å². The number of aryl methyl sites for hydroxylation is 2. The number of hydrogen-bond donors (Lipinski definition) is 3. The number of carbonyl (C=O) groups is 4. The molecule has 1 aliphatic carbocycles. The van der Waals surface area contributed by atoms with Crippen LogP contribution < -0.4 is 16.8 Å². The standard InChI is InChI=1S/C26H24FN5O4/c27-19-7-5-18(6-8-19)24(28)21(14-31-23(34)15-33)26(36)32-20-9-3-16(4-10-20)1-2-17-11-12-30-22(13-17)25(29)35/h3-7,9-15,19H,1-2,8,28H2,(H2,29,35)(H,32,36). The van der Waals surface area contributed by atoms with Gasteiger partial charge >= 0.3 is 5.91 Å². The summed E-state index contributed by atoms with van der Waals surface area (Å²) >= 11 is 0. The maximum Gasteiger partial charge on any atom is 0.309 e. The first kappa shape index (κ1) is 25.9. The number of hydrogen-bond acceptors (Lipinski definition) is 6. The van der Waals surface area contributed by atoms with Crippen LogP contribution in [0.1, 0.15) is 28.0 Å². The number of primary amides is 1. The summed E-state index contributed by atoms with van der Waals surface area (Å²) in [6.07, 6.45) is 7.02. The molecule has 1 unspecified atom stereocenters. The van der Waals surface area contributed by atoms with Crippen LogP contribution in [0.5, 0.6) is 0 Å². The second-order valence-electron chi connectivity index (χ2n) is 7.88. The molecule has 9 nitrogen and oxygen atoms in total. The molecule has 10 heteroatoms. The largest absolute Gasteiger partial charge is 0.398 e. The number of pyridine rings is 1. The fourth-order valence-electron chi connectivity index (χ4n) is 3.36. The highest BCUT2D eigenvalue weighted by Crippen LogP contribution is 2.20. The van der Waals surface area contributed by atoms with Gasteiger partial charge in [0.1, 0.15) is 11.9 Å². The zero-order valence-corrected chi connectivity index (χ0v) is 19.2. The van der Waals surface area contributed by atoms with Gasteiger partial charge in [0.2, 0.25) is 6.29 Å². The third kappa shape index (κ3) is 7.13. The molecule has 0 radical (unpaired) electrons. The molecule has 0 fully saturated rings. The summed E-state index contributed by atoms with van der Waals surface area (Å²) in [6.45, 7) is 0. The summed E-state index contributed by atoms with van der Waals surface area (Å²) in [4.78, 5) is 53.5. The minimum absolute atomic E-state index is 0.00900. The predicted octanol–water partition coefficient (Wildman–Crippen LogP) is 2.14. The average molecular weight is 490 g/mol. The summed E-state index contributed by atoms with van der Waals surface area (Å²) < 4.78 is 13.4. The Morgan fingerprint density at radius 3 is 2.47 bits per heavy atom. The van der Waals surface area contributed by atoms with E-state index in [1.54, 1.807) is 24.3 Å². The number of allylic oxidation sites excluding steroid dienone is 3. The van der Waals surface area contributed by atoms with Gasteiger partial charge < -0.3 is 16.8 Å². The maximum absolute atomic E-state index is 13.4. The highest BCUT2D eigenvalue weighted by Gasteiger charge is 2.17. The van der Waals surface area contributed by atoms with Crippen LogP contribution >= 0.6 is 0 Å². The monoisotopic (exact) mass is 489 g/mol. The first-order chi connectivity index (χ1) is 17.3. The Morgan fingerprint density at radius 1 is 1.11 bits per heavy atom. The molecule has 3 rings (SSSR count). The van der Waals surface area contributed by atoms with Crippen LogP contribution in [0.25, 0.3) is 0 Å². The number of rotatable bonds is 9. The highest BCUT2D eigenvalue weighted by atomic mass is 19.1. The molecular weight excluding hydrogens is 465 g/mol. The number of carbonyl (C=O) groups excluding carboxylic acids is 4. The Morgan fingerprint density at radius 2 is 1.83 bits per heavy atom. The van der Waals surface area contributed by atoms with E-state index in [0.29, 0.717) is 24.1 Å². The van der Waals surface area contributed by atoms with Gasteiger partial charge in [-0.2, -0.15) is 0 Å². The molecule has 1 atom stereocenters. The Bertz CT molecular complexity index is 1300. The lowest BCUT2D eigenvalue weighted by Gasteiger charge is -2.13. The van der Waals surface area contributed by atoms with E-state index < -0.39 is 23.9 Å². The van der Waals surface area contributed by atoms with Gasteiger partial charge in [-0.25, -0.2) is 9.38 Å². The Hall–Kier alpha value is -4.73. The van der Waals surface area contributed by atoms with E-state index >= 15 is 0 Å². The molecular formula is C26H24FN5O4. The lowest BCUT2D eigenvalue weighted by atomic mass is 10.00. The molecule has 0 saturated heterocycles. The molecule has 0 bridgehead atoms. The average Bonchev–Trinajstić information content (AvgIpc) is 2.88. The topological polar surface area (TPSA) is 158 Å². The number of alkyl halides is 1. The van der Waals surface area contributed by atoms with E-state index in [-0.39, 0.29) is 29.7 Å². The first-order valence-corrected chi connectivity index (χ1v) is 11.0. The van der Waals surface area contributed by atoms with Crippen molar-refractivity contribution in [2.75, 3.05) is 5.32 Å². The number of aromatic nitrogens is 1. The number of anilines is 1. The molecule has 184 valence electrons. The van der Waals surface area contributed by atoms with Crippen molar-refractivity contribution >= 4 is 35.9 Å². The van der Waals surface area contributed by atoms with Crippen LogP contribution in [0.3, 0.4) is 0 Å². The molecule has 1 aromatic heterocycles. The Kier molecular flexibility index (Phi) is 8.71. The van der Waals surface area contributed by atoms with E-state index in [2.05, 4.69) is 15.3 Å². The molecule has 3 amide bonds.